The van der Waals surface area contributed by atoms with Gasteiger partial charge in [-0.1, -0.05) is 6.07 Å². The minimum Gasteiger partial charge on any atom is -0.380 e. The van der Waals surface area contributed by atoms with Crippen LogP contribution in [0.2, 0.25) is 0 Å². The van der Waals surface area contributed by atoms with E-state index < -0.39 is 0 Å². The molecule has 0 bridgehead atoms. The quantitative estimate of drug-likeness (QED) is 0.910. The van der Waals surface area contributed by atoms with Crippen LogP contribution in [0.15, 0.2) is 24.3 Å². The molecular weight excluding hydrogens is 316 g/mol. The molecule has 0 spiro atoms. The number of carbonyl (C=O) groups is 1. The van der Waals surface area contributed by atoms with E-state index in [1.165, 1.54) is 25.1 Å². The van der Waals surface area contributed by atoms with Gasteiger partial charge in [-0.3, -0.25) is 9.80 Å². The van der Waals surface area contributed by atoms with Crippen LogP contribution in [-0.4, -0.2) is 69.5 Å². The molecule has 3 aliphatic rings. The lowest BCUT2D eigenvalue weighted by atomic mass is 10.0. The Labute approximate surface area is 149 Å². The summed E-state index contributed by atoms with van der Waals surface area (Å²) in [4.78, 5) is 18.8. The van der Waals surface area contributed by atoms with Crippen molar-refractivity contribution in [1.82, 2.24) is 10.2 Å². The van der Waals surface area contributed by atoms with Crippen molar-refractivity contribution >= 4 is 17.4 Å². The largest absolute Gasteiger partial charge is 0.380 e. The summed E-state index contributed by atoms with van der Waals surface area (Å²) in [7, 11) is 0. The van der Waals surface area contributed by atoms with Crippen LogP contribution in [-0.2, 0) is 4.74 Å². The minimum atomic E-state index is 0.0132. The molecule has 0 unspecified atom stereocenters. The summed E-state index contributed by atoms with van der Waals surface area (Å²) in [5.41, 5.74) is 2.23. The van der Waals surface area contributed by atoms with E-state index >= 15 is 0 Å². The monoisotopic (exact) mass is 344 g/mol. The second kappa shape index (κ2) is 7.62. The van der Waals surface area contributed by atoms with E-state index in [-0.39, 0.29) is 6.03 Å². The molecule has 0 atom stereocenters. The van der Waals surface area contributed by atoms with E-state index in [2.05, 4.69) is 33.3 Å². The van der Waals surface area contributed by atoms with Crippen molar-refractivity contribution in [3.8, 4) is 0 Å². The average molecular weight is 344 g/mol. The molecule has 1 N–H and O–H groups in total. The molecule has 0 saturated carbocycles. The first-order valence-electron chi connectivity index (χ1n) is 9.53. The summed E-state index contributed by atoms with van der Waals surface area (Å²) in [6.07, 6.45) is 3.56. The van der Waals surface area contributed by atoms with Crippen LogP contribution >= 0.6 is 0 Å². The van der Waals surface area contributed by atoms with Crippen LogP contribution in [0.4, 0.5) is 16.2 Å². The van der Waals surface area contributed by atoms with E-state index in [0.717, 1.165) is 58.0 Å². The van der Waals surface area contributed by atoms with Gasteiger partial charge in [-0.05, 0) is 37.5 Å². The van der Waals surface area contributed by atoms with Gasteiger partial charge in [0.2, 0.25) is 0 Å². The van der Waals surface area contributed by atoms with Gasteiger partial charge in [0.05, 0.1) is 6.61 Å². The van der Waals surface area contributed by atoms with Crippen molar-refractivity contribution in [2.45, 2.75) is 25.3 Å². The Bertz CT molecular complexity index is 593. The number of carbonyl (C=O) groups excluding carboxylic acids is 1. The number of benzene rings is 1. The highest BCUT2D eigenvalue weighted by molar-refractivity contribution is 5.94. The van der Waals surface area contributed by atoms with Crippen molar-refractivity contribution in [2.75, 3.05) is 62.3 Å². The fraction of sp³-hybridized carbons (Fsp3) is 0.632. The molecule has 136 valence electrons. The summed E-state index contributed by atoms with van der Waals surface area (Å²) in [5, 5.41) is 2.87. The van der Waals surface area contributed by atoms with Crippen molar-refractivity contribution in [1.29, 1.82) is 0 Å². The predicted molar refractivity (Wildman–Crippen MR) is 99.4 cm³/mol. The molecule has 2 amide bonds. The van der Waals surface area contributed by atoms with Crippen molar-refractivity contribution in [3.63, 3.8) is 0 Å². The summed E-state index contributed by atoms with van der Waals surface area (Å²) in [6, 6.07) is 9.11. The fourth-order valence-corrected chi connectivity index (χ4v) is 4.20. The van der Waals surface area contributed by atoms with E-state index in [1.54, 1.807) is 0 Å². The van der Waals surface area contributed by atoms with Gasteiger partial charge in [0.15, 0.2) is 0 Å². The molecule has 1 aromatic carbocycles. The van der Waals surface area contributed by atoms with Crippen molar-refractivity contribution < 1.29 is 9.53 Å². The van der Waals surface area contributed by atoms with Crippen LogP contribution in [0, 0.1) is 0 Å². The number of hydrogen-bond acceptors (Lipinski definition) is 4. The molecule has 0 aromatic heterocycles. The molecule has 25 heavy (non-hydrogen) atoms. The highest BCUT2D eigenvalue weighted by Crippen LogP contribution is 2.27. The number of anilines is 2. The maximum atomic E-state index is 11.9. The first kappa shape index (κ1) is 16.7. The summed E-state index contributed by atoms with van der Waals surface area (Å²) in [5.74, 6) is 0. The Morgan fingerprint density at radius 2 is 1.84 bits per heavy atom. The molecule has 4 rings (SSSR count). The van der Waals surface area contributed by atoms with Gasteiger partial charge in [-0.25, -0.2) is 4.79 Å². The standard InChI is InChI=1S/C19H28N4O2/c24-19-20-7-11-23(19)18-4-1-3-17(15-18)22-9-5-16(6-10-22)21-8-2-13-25-14-12-21/h1,3-4,15-16H,2,5-14H2,(H,20,24). The Kier molecular flexibility index (Phi) is 5.08. The van der Waals surface area contributed by atoms with Crippen LogP contribution in [0.25, 0.3) is 0 Å². The molecule has 6 heteroatoms. The number of amides is 2. The molecule has 3 aliphatic heterocycles. The molecule has 6 nitrogen and oxygen atoms in total. The fourth-order valence-electron chi connectivity index (χ4n) is 4.20. The van der Waals surface area contributed by atoms with E-state index in [1.807, 2.05) is 11.0 Å². The molecular formula is C19H28N4O2. The third kappa shape index (κ3) is 3.75. The maximum Gasteiger partial charge on any atom is 0.321 e. The van der Waals surface area contributed by atoms with E-state index in [0.29, 0.717) is 6.04 Å². The van der Waals surface area contributed by atoms with Gasteiger partial charge < -0.3 is 15.0 Å². The molecule has 0 aliphatic carbocycles. The van der Waals surface area contributed by atoms with Crippen molar-refractivity contribution in [3.05, 3.63) is 24.3 Å². The number of urea groups is 1. The maximum absolute atomic E-state index is 11.9. The molecule has 3 fully saturated rings. The third-order valence-electron chi connectivity index (χ3n) is 5.60. The smallest absolute Gasteiger partial charge is 0.321 e. The van der Waals surface area contributed by atoms with Crippen LogP contribution in [0.5, 0.6) is 0 Å². The second-order valence-corrected chi connectivity index (χ2v) is 7.12. The zero-order valence-electron chi connectivity index (χ0n) is 14.8. The number of rotatable bonds is 3. The Hall–Kier alpha value is -1.79. The van der Waals surface area contributed by atoms with E-state index in [4.69, 9.17) is 4.74 Å². The highest BCUT2D eigenvalue weighted by atomic mass is 16.5. The number of ether oxygens (including phenoxy) is 1. The second-order valence-electron chi connectivity index (χ2n) is 7.12. The van der Waals surface area contributed by atoms with Gasteiger partial charge in [0.25, 0.3) is 0 Å². The first-order chi connectivity index (χ1) is 12.3. The number of nitrogens with one attached hydrogen (secondary N) is 1. The predicted octanol–water partition coefficient (Wildman–Crippen LogP) is 1.91. The van der Waals surface area contributed by atoms with Gasteiger partial charge in [-0.2, -0.15) is 0 Å². The van der Waals surface area contributed by atoms with Gasteiger partial charge in [0, 0.05) is 63.3 Å². The summed E-state index contributed by atoms with van der Waals surface area (Å²) in [6.45, 7) is 7.67. The normalized spacial score (nSPS) is 23.6. The number of nitrogens with zero attached hydrogens (tertiary/aromatic N) is 3. The highest BCUT2D eigenvalue weighted by Gasteiger charge is 2.26. The third-order valence-corrected chi connectivity index (χ3v) is 5.60. The van der Waals surface area contributed by atoms with Gasteiger partial charge in [0.1, 0.15) is 0 Å². The SMILES string of the molecule is O=C1NCCN1c1cccc(N2CCC(N3CCCOCC3)CC2)c1. The summed E-state index contributed by atoms with van der Waals surface area (Å²) >= 11 is 0. The number of hydrogen-bond donors (Lipinski definition) is 1. The Morgan fingerprint density at radius 1 is 1.00 bits per heavy atom. The van der Waals surface area contributed by atoms with Gasteiger partial charge in [-0.15, -0.1) is 0 Å². The molecule has 3 saturated heterocycles. The Balaban J connectivity index is 1.38. The Morgan fingerprint density at radius 3 is 2.64 bits per heavy atom. The zero-order chi connectivity index (χ0) is 17.1. The van der Waals surface area contributed by atoms with E-state index in [9.17, 15) is 4.79 Å². The first-order valence-corrected chi connectivity index (χ1v) is 9.53. The lowest BCUT2D eigenvalue weighted by Gasteiger charge is -2.39. The lowest BCUT2D eigenvalue weighted by molar-refractivity contribution is 0.125. The molecule has 3 heterocycles. The topological polar surface area (TPSA) is 48.1 Å². The minimum absolute atomic E-state index is 0.0132. The van der Waals surface area contributed by atoms with Crippen LogP contribution in [0.1, 0.15) is 19.3 Å². The lowest BCUT2D eigenvalue weighted by Crippen LogP contribution is -2.45. The molecule has 0 radical (unpaired) electrons. The number of piperidine rings is 1. The molecule has 1 aromatic rings. The van der Waals surface area contributed by atoms with Crippen molar-refractivity contribution in [2.24, 2.45) is 0 Å². The average Bonchev–Trinajstić information content (AvgIpc) is 2.92. The van der Waals surface area contributed by atoms with Gasteiger partial charge >= 0.3 is 6.03 Å². The summed E-state index contributed by atoms with van der Waals surface area (Å²) < 4.78 is 5.59. The van der Waals surface area contributed by atoms with Crippen LogP contribution in [0.3, 0.4) is 0 Å². The zero-order valence-corrected chi connectivity index (χ0v) is 14.8. The van der Waals surface area contributed by atoms with Crippen LogP contribution < -0.4 is 15.1 Å².